The molecule has 58 heavy (non-hydrogen) atoms. The lowest BCUT2D eigenvalue weighted by atomic mass is 9.78. The van der Waals surface area contributed by atoms with Gasteiger partial charge in [-0.15, -0.1) is 0 Å². The van der Waals surface area contributed by atoms with Crippen molar-refractivity contribution >= 4 is 50.3 Å². The quantitative estimate of drug-likeness (QED) is 0.0819. The second kappa shape index (κ2) is 15.9. The Bertz CT molecular complexity index is 2470. The molecule has 0 radical (unpaired) electrons. The van der Waals surface area contributed by atoms with Crippen molar-refractivity contribution in [3.8, 4) is 11.5 Å². The number of halogens is 1. The third-order valence-corrected chi connectivity index (χ3v) is 11.8. The fraction of sp³-hybridized carbons (Fsp3) is 0.455. The maximum absolute atomic E-state index is 15.4. The first-order valence-corrected chi connectivity index (χ1v) is 19.3. The number of allylic oxidation sites excluding steroid dienone is 2. The van der Waals surface area contributed by atoms with Crippen LogP contribution in [-0.2, 0) is 14.3 Å². The number of hydrogen-bond acceptors (Lipinski definition) is 12. The van der Waals surface area contributed by atoms with E-state index in [9.17, 15) is 34.8 Å². The molecule has 9 atom stereocenters. The number of aliphatic hydroxyl groups excluding tert-OH is 3. The summed E-state index contributed by atoms with van der Waals surface area (Å²) in [7, 11) is 1.43. The van der Waals surface area contributed by atoms with E-state index in [2.05, 4.69) is 5.32 Å². The van der Waals surface area contributed by atoms with Gasteiger partial charge in [0.2, 0.25) is 0 Å². The van der Waals surface area contributed by atoms with Crippen LogP contribution in [0.2, 0.25) is 0 Å². The fourth-order valence-electron chi connectivity index (χ4n) is 7.90. The Balaban J connectivity index is 1.62. The molecule has 0 spiro atoms. The summed E-state index contributed by atoms with van der Waals surface area (Å²) in [6.45, 7) is 14.7. The number of anilines is 1. The van der Waals surface area contributed by atoms with Gasteiger partial charge in [-0.25, -0.2) is 9.37 Å². The number of carbonyl (C=O) groups is 2. The number of benzene rings is 3. The van der Waals surface area contributed by atoms with Crippen LogP contribution in [0.5, 0.6) is 11.5 Å². The van der Waals surface area contributed by atoms with Gasteiger partial charge in [-0.2, -0.15) is 0 Å². The Labute approximate surface area is 334 Å². The molecule has 0 aliphatic carbocycles. The lowest BCUT2D eigenvalue weighted by molar-refractivity contribution is -0.112. The molecule has 0 fully saturated rings. The Morgan fingerprint density at radius 3 is 2.26 bits per heavy atom. The highest BCUT2D eigenvalue weighted by Gasteiger charge is 2.49. The molecule has 4 aromatic rings. The predicted octanol–water partition coefficient (Wildman–Crippen LogP) is 6.69. The van der Waals surface area contributed by atoms with Crippen molar-refractivity contribution in [2.24, 2.45) is 23.7 Å². The summed E-state index contributed by atoms with van der Waals surface area (Å²) in [6, 6.07) is 2.65. The average molecular weight is 803 g/mol. The van der Waals surface area contributed by atoms with Gasteiger partial charge in [0.15, 0.2) is 22.3 Å². The lowest BCUT2D eigenvalue weighted by Gasteiger charge is -2.36. The van der Waals surface area contributed by atoms with E-state index in [1.165, 1.54) is 58.4 Å². The summed E-state index contributed by atoms with van der Waals surface area (Å²) in [5, 5.41) is 47.9. The summed E-state index contributed by atoms with van der Waals surface area (Å²) in [5.74, 6) is -7.62. The van der Waals surface area contributed by atoms with E-state index in [1.807, 2.05) is 0 Å². The molecular weight excluding hydrogens is 751 g/mol. The molecule has 14 heteroatoms. The number of methoxy groups -OCH3 is 1. The van der Waals surface area contributed by atoms with Crippen molar-refractivity contribution in [1.29, 1.82) is 0 Å². The topological polar surface area (TPSA) is 198 Å². The van der Waals surface area contributed by atoms with E-state index in [0.717, 1.165) is 0 Å². The third-order valence-electron chi connectivity index (χ3n) is 11.8. The second-order valence-corrected chi connectivity index (χ2v) is 16.1. The van der Waals surface area contributed by atoms with Crippen molar-refractivity contribution in [3.05, 3.63) is 81.0 Å². The van der Waals surface area contributed by atoms with Crippen LogP contribution in [0.4, 0.5) is 10.1 Å². The number of aromatic nitrogens is 1. The molecule has 0 unspecified atom stereocenters. The smallest absolute Gasteiger partial charge is 0.312 e. The van der Waals surface area contributed by atoms with E-state index < -0.39 is 82.6 Å². The summed E-state index contributed by atoms with van der Waals surface area (Å²) >= 11 is 0. The SMILES string of the molecule is CO[C@H]1/C=C/O[C@@]2(C)Oc3c(C)c(=O)c4c(O)c(c5oc6cc(C(C)C)c(F)cc6nc5c4c3C2=O)NC(=O)/C(C)=C\C=C\[C@H](C)[C@H](O)[C@@H](C)[C@@H](O)[C@@H](C)[C@H](O)[C@@H]1C. The number of ketones is 1. The van der Waals surface area contributed by atoms with Crippen LogP contribution >= 0.6 is 0 Å². The van der Waals surface area contributed by atoms with Crippen LogP contribution in [0.15, 0.2) is 57.5 Å². The summed E-state index contributed by atoms with van der Waals surface area (Å²) in [5.41, 5.74) is -0.953. The van der Waals surface area contributed by atoms with Gasteiger partial charge < -0.3 is 44.4 Å². The maximum Gasteiger partial charge on any atom is 0.312 e. The Morgan fingerprint density at radius 1 is 0.948 bits per heavy atom. The number of aromatic hydroxyl groups is 1. The first-order valence-electron chi connectivity index (χ1n) is 19.3. The number of aliphatic hydroxyl groups is 3. The van der Waals surface area contributed by atoms with Gasteiger partial charge in [-0.05, 0) is 37.5 Å². The van der Waals surface area contributed by atoms with Crippen LogP contribution in [0, 0.1) is 36.4 Å². The molecule has 2 aliphatic heterocycles. The molecule has 13 nitrogen and oxygen atoms in total. The zero-order valence-corrected chi connectivity index (χ0v) is 34.2. The largest absolute Gasteiger partial charge is 0.505 e. The van der Waals surface area contributed by atoms with Crippen molar-refractivity contribution in [1.82, 2.24) is 4.98 Å². The molecule has 0 saturated carbocycles. The third kappa shape index (κ3) is 7.16. The van der Waals surface area contributed by atoms with Crippen LogP contribution < -0.4 is 15.5 Å². The highest BCUT2D eigenvalue weighted by atomic mass is 19.1. The molecule has 0 saturated heterocycles. The van der Waals surface area contributed by atoms with Gasteiger partial charge >= 0.3 is 5.79 Å². The average Bonchev–Trinajstić information content (AvgIpc) is 3.45. The van der Waals surface area contributed by atoms with Crippen LogP contribution in [0.3, 0.4) is 0 Å². The normalized spacial score (nSPS) is 30.7. The molecule has 4 bridgehead atoms. The minimum absolute atomic E-state index is 0.0394. The number of hydrogen-bond donors (Lipinski definition) is 5. The number of phenolic OH excluding ortho intramolecular Hbond substituents is 1. The zero-order chi connectivity index (χ0) is 42.7. The lowest BCUT2D eigenvalue weighted by Crippen LogP contribution is -2.44. The van der Waals surface area contributed by atoms with Gasteiger partial charge in [0.05, 0.1) is 41.6 Å². The summed E-state index contributed by atoms with van der Waals surface area (Å²) in [6.07, 6.45) is 3.33. The monoisotopic (exact) mass is 802 g/mol. The van der Waals surface area contributed by atoms with Gasteiger partial charge in [0, 0.05) is 60.3 Å². The molecular formula is C44H51FN2O11. The number of Topliss-reactive ketones (excluding diaryl/α,β-unsaturated/α-hetero) is 1. The van der Waals surface area contributed by atoms with Gasteiger partial charge in [-0.3, -0.25) is 14.4 Å². The maximum atomic E-state index is 15.4. The summed E-state index contributed by atoms with van der Waals surface area (Å²) in [4.78, 5) is 47.2. The summed E-state index contributed by atoms with van der Waals surface area (Å²) < 4.78 is 39.4. The number of amides is 1. The standard InChI is InChI=1S/C44H51FN2O11/c1-18(2)25-16-29-27(17-26(25)45)46-33-30-31-38(51)24(8)40-32(30)42(53)44(9,58-40)56-15-14-28(55-10)21(5)36(49)23(7)37(50)22(6)35(48)19(3)12-11-13-20(4)43(54)47-34(39(31)52)41(33)57-29/h11-19,21-23,28,35-37,48-50,52H,1-10H3,(H,47,54)/b12-11+,15-14+,20-13-/t19-,21+,22+,23-,28-,35-,36+,37+,44-/m0/s1. The van der Waals surface area contributed by atoms with Crippen molar-refractivity contribution in [3.63, 3.8) is 0 Å². The van der Waals surface area contributed by atoms with Crippen LogP contribution in [0.25, 0.3) is 33.0 Å². The first-order chi connectivity index (χ1) is 27.2. The van der Waals surface area contributed by atoms with E-state index in [4.69, 9.17) is 23.6 Å². The number of phenols is 1. The molecule has 3 aromatic carbocycles. The molecule has 2 aliphatic rings. The van der Waals surface area contributed by atoms with Crippen molar-refractivity contribution in [2.45, 2.75) is 98.4 Å². The minimum Gasteiger partial charge on any atom is -0.505 e. The Hall–Kier alpha value is -5.15. The molecule has 310 valence electrons. The Kier molecular flexibility index (Phi) is 11.6. The van der Waals surface area contributed by atoms with E-state index in [0.29, 0.717) is 5.56 Å². The molecule has 5 N–H and O–H groups in total. The van der Waals surface area contributed by atoms with Crippen LogP contribution in [-0.4, -0.2) is 74.4 Å². The molecule has 3 heterocycles. The molecule has 1 aromatic heterocycles. The Morgan fingerprint density at radius 2 is 1.60 bits per heavy atom. The zero-order valence-electron chi connectivity index (χ0n) is 34.2. The number of carbonyl (C=O) groups excluding carboxylic acids is 2. The first kappa shape index (κ1) is 42.5. The number of nitrogens with one attached hydrogen (secondary N) is 1. The number of fused-ring (bicyclic) bond motifs is 2. The van der Waals surface area contributed by atoms with E-state index >= 15 is 4.39 Å². The van der Waals surface area contributed by atoms with E-state index in [-0.39, 0.29) is 67.0 Å². The van der Waals surface area contributed by atoms with Gasteiger partial charge in [0.1, 0.15) is 28.3 Å². The number of rotatable bonds is 2. The van der Waals surface area contributed by atoms with Gasteiger partial charge in [-0.1, -0.05) is 59.8 Å². The second-order valence-electron chi connectivity index (χ2n) is 16.1. The van der Waals surface area contributed by atoms with Crippen molar-refractivity contribution < 1.29 is 53.0 Å². The number of nitrogens with zero attached hydrogens (tertiary/aromatic N) is 1. The highest BCUT2D eigenvalue weighted by Crippen LogP contribution is 2.48. The molecule has 6 rings (SSSR count). The number of ether oxygens (including phenoxy) is 3. The minimum atomic E-state index is -2.06. The molecule has 1 amide bonds. The predicted molar refractivity (Wildman–Crippen MR) is 216 cm³/mol. The van der Waals surface area contributed by atoms with Crippen molar-refractivity contribution in [2.75, 3.05) is 12.4 Å². The van der Waals surface area contributed by atoms with Gasteiger partial charge in [0.25, 0.3) is 11.7 Å². The fourth-order valence-corrected chi connectivity index (χ4v) is 7.90. The highest BCUT2D eigenvalue weighted by molar-refractivity contribution is 6.26. The van der Waals surface area contributed by atoms with E-state index in [1.54, 1.807) is 53.7 Å². The van der Waals surface area contributed by atoms with Crippen LogP contribution in [0.1, 0.15) is 82.8 Å².